The van der Waals surface area contributed by atoms with E-state index in [1.54, 1.807) is 6.07 Å². The molecular formula is C17H27N3O4S. The Morgan fingerprint density at radius 2 is 2.08 bits per heavy atom. The summed E-state index contributed by atoms with van der Waals surface area (Å²) in [7, 11) is 0.457. The van der Waals surface area contributed by atoms with Crippen LogP contribution in [0, 0.1) is 16.0 Å². The molecule has 1 aromatic carbocycles. The molecule has 1 fully saturated rings. The van der Waals surface area contributed by atoms with E-state index in [1.807, 2.05) is 0 Å². The van der Waals surface area contributed by atoms with Gasteiger partial charge < -0.3 is 10.2 Å². The number of hydrogen-bond acceptors (Lipinski definition) is 6. The number of rotatable bonds is 6. The summed E-state index contributed by atoms with van der Waals surface area (Å²) in [6.07, 6.45) is 5.52. The second-order valence-electron chi connectivity index (χ2n) is 7.39. The number of nitro groups is 1. The topological polar surface area (TPSA) is 92.5 Å². The van der Waals surface area contributed by atoms with Crippen LogP contribution in [0.3, 0.4) is 0 Å². The highest BCUT2D eigenvalue weighted by Gasteiger charge is 2.36. The highest BCUT2D eigenvalue weighted by atomic mass is 32.2. The molecule has 25 heavy (non-hydrogen) atoms. The number of likely N-dealkylation sites (N-methyl/N-ethyl adjacent to an activating group) is 1. The zero-order chi connectivity index (χ0) is 18.8. The van der Waals surface area contributed by atoms with Gasteiger partial charge in [-0.1, -0.05) is 19.8 Å². The fourth-order valence-corrected chi connectivity index (χ4v) is 4.56. The molecule has 0 radical (unpaired) electrons. The zero-order valence-corrected chi connectivity index (χ0v) is 16.1. The Morgan fingerprint density at radius 3 is 2.60 bits per heavy atom. The van der Waals surface area contributed by atoms with Crippen molar-refractivity contribution < 1.29 is 13.3 Å². The quantitative estimate of drug-likeness (QED) is 0.612. The van der Waals surface area contributed by atoms with Crippen LogP contribution >= 0.6 is 0 Å². The summed E-state index contributed by atoms with van der Waals surface area (Å²) in [5, 5.41) is 14.4. The number of nitrogens with zero attached hydrogens (tertiary/aromatic N) is 2. The van der Waals surface area contributed by atoms with Crippen LogP contribution in [0.1, 0.15) is 32.6 Å². The van der Waals surface area contributed by atoms with E-state index in [-0.39, 0.29) is 16.1 Å². The SMILES string of the molecule is CC1CCCC(CNc2ccc([N+](=O)[O-])c(S(C)(=O)=O)c2)(N(C)C)C1. The predicted molar refractivity (Wildman–Crippen MR) is 98.7 cm³/mol. The minimum atomic E-state index is -3.68. The third kappa shape index (κ3) is 4.49. The van der Waals surface area contributed by atoms with E-state index < -0.39 is 14.8 Å². The fourth-order valence-electron chi connectivity index (χ4n) is 3.70. The normalized spacial score (nSPS) is 24.3. The van der Waals surface area contributed by atoms with Gasteiger partial charge in [-0.05, 0) is 45.0 Å². The summed E-state index contributed by atoms with van der Waals surface area (Å²) < 4.78 is 23.8. The summed E-state index contributed by atoms with van der Waals surface area (Å²) in [6, 6.07) is 4.19. The smallest absolute Gasteiger partial charge is 0.288 e. The maximum Gasteiger partial charge on any atom is 0.288 e. The number of sulfone groups is 1. The van der Waals surface area contributed by atoms with Crippen molar-refractivity contribution in [3.63, 3.8) is 0 Å². The molecule has 0 spiro atoms. The number of benzene rings is 1. The number of nitro benzene ring substituents is 1. The van der Waals surface area contributed by atoms with Gasteiger partial charge in [-0.25, -0.2) is 8.42 Å². The first-order valence-corrected chi connectivity index (χ1v) is 10.3. The van der Waals surface area contributed by atoms with E-state index in [2.05, 4.69) is 31.2 Å². The molecule has 1 aliphatic carbocycles. The molecule has 0 aliphatic heterocycles. The Labute approximate surface area is 149 Å². The van der Waals surface area contributed by atoms with Gasteiger partial charge in [0.2, 0.25) is 0 Å². The third-order valence-corrected chi connectivity index (χ3v) is 6.32. The van der Waals surface area contributed by atoms with Crippen molar-refractivity contribution in [2.45, 2.75) is 43.0 Å². The summed E-state index contributed by atoms with van der Waals surface area (Å²) in [5.74, 6) is 0.640. The summed E-state index contributed by atoms with van der Waals surface area (Å²) >= 11 is 0. The highest BCUT2D eigenvalue weighted by molar-refractivity contribution is 7.90. The van der Waals surface area contributed by atoms with Gasteiger partial charge in [0.1, 0.15) is 4.90 Å². The molecule has 0 aromatic heterocycles. The van der Waals surface area contributed by atoms with E-state index >= 15 is 0 Å². The maximum absolute atomic E-state index is 11.9. The second kappa shape index (κ2) is 7.29. The molecule has 1 saturated carbocycles. The van der Waals surface area contributed by atoms with Gasteiger partial charge in [-0.2, -0.15) is 0 Å². The Kier molecular flexibility index (Phi) is 5.73. The lowest BCUT2D eigenvalue weighted by molar-refractivity contribution is -0.387. The fraction of sp³-hybridized carbons (Fsp3) is 0.647. The van der Waals surface area contributed by atoms with Crippen molar-refractivity contribution in [1.29, 1.82) is 0 Å². The van der Waals surface area contributed by atoms with Crippen LogP contribution in [0.15, 0.2) is 23.1 Å². The molecule has 0 amide bonds. The molecule has 2 atom stereocenters. The largest absolute Gasteiger partial charge is 0.383 e. The van der Waals surface area contributed by atoms with E-state index in [4.69, 9.17) is 0 Å². The molecule has 140 valence electrons. The van der Waals surface area contributed by atoms with Crippen LogP contribution < -0.4 is 5.32 Å². The molecule has 7 nitrogen and oxygen atoms in total. The van der Waals surface area contributed by atoms with E-state index in [1.165, 1.54) is 18.6 Å². The monoisotopic (exact) mass is 369 g/mol. The van der Waals surface area contributed by atoms with Gasteiger partial charge in [-0.3, -0.25) is 10.1 Å². The maximum atomic E-state index is 11.9. The van der Waals surface area contributed by atoms with Crippen LogP contribution in [0.25, 0.3) is 0 Å². The molecule has 1 aliphatic rings. The molecule has 8 heteroatoms. The van der Waals surface area contributed by atoms with Gasteiger partial charge in [-0.15, -0.1) is 0 Å². The van der Waals surface area contributed by atoms with Crippen molar-refractivity contribution in [2.75, 3.05) is 32.2 Å². The summed E-state index contributed by atoms with van der Waals surface area (Å²) in [5.41, 5.74) is 0.206. The standard InChI is InChI=1S/C17H27N3O4S/c1-13-6-5-9-17(11-13,19(2)3)12-18-14-7-8-15(20(21)22)16(10-14)25(4,23)24/h7-8,10,13,18H,5-6,9,11-12H2,1-4H3. The molecular weight excluding hydrogens is 342 g/mol. The lowest BCUT2D eigenvalue weighted by atomic mass is 9.75. The summed E-state index contributed by atoms with van der Waals surface area (Å²) in [6.45, 7) is 2.93. The average Bonchev–Trinajstić information content (AvgIpc) is 2.51. The lowest BCUT2D eigenvalue weighted by Crippen LogP contribution is -2.52. The van der Waals surface area contributed by atoms with Crippen LogP contribution in [-0.4, -0.2) is 50.7 Å². The molecule has 2 rings (SSSR count). The van der Waals surface area contributed by atoms with Gasteiger partial charge >= 0.3 is 0 Å². The van der Waals surface area contributed by atoms with Gasteiger partial charge in [0.05, 0.1) is 4.92 Å². The lowest BCUT2D eigenvalue weighted by Gasteiger charge is -2.45. The van der Waals surface area contributed by atoms with Crippen molar-refractivity contribution in [2.24, 2.45) is 5.92 Å². The molecule has 0 bridgehead atoms. The minimum Gasteiger partial charge on any atom is -0.383 e. The molecule has 1 N–H and O–H groups in total. The first-order chi connectivity index (χ1) is 11.5. The third-order valence-electron chi connectivity index (χ3n) is 5.19. The molecule has 0 saturated heterocycles. The van der Waals surface area contributed by atoms with Gasteiger partial charge in [0.25, 0.3) is 5.69 Å². The second-order valence-corrected chi connectivity index (χ2v) is 9.37. The molecule has 2 unspecified atom stereocenters. The van der Waals surface area contributed by atoms with Crippen LogP contribution in [0.4, 0.5) is 11.4 Å². The number of hydrogen-bond donors (Lipinski definition) is 1. The Bertz CT molecular complexity index is 748. The van der Waals surface area contributed by atoms with Gasteiger partial charge in [0.15, 0.2) is 9.84 Å². The van der Waals surface area contributed by atoms with Gasteiger partial charge in [0, 0.05) is 30.1 Å². The average molecular weight is 369 g/mol. The Hall–Kier alpha value is -1.67. The van der Waals surface area contributed by atoms with Crippen molar-refractivity contribution in [3.05, 3.63) is 28.3 Å². The molecule has 1 aromatic rings. The van der Waals surface area contributed by atoms with Crippen LogP contribution in [0.2, 0.25) is 0 Å². The van der Waals surface area contributed by atoms with Crippen LogP contribution in [0.5, 0.6) is 0 Å². The number of anilines is 1. The Balaban J connectivity index is 2.27. The van der Waals surface area contributed by atoms with Crippen molar-refractivity contribution in [3.8, 4) is 0 Å². The van der Waals surface area contributed by atoms with Crippen LogP contribution in [-0.2, 0) is 9.84 Å². The summed E-state index contributed by atoms with van der Waals surface area (Å²) in [4.78, 5) is 12.4. The first-order valence-electron chi connectivity index (χ1n) is 8.45. The van der Waals surface area contributed by atoms with Crippen molar-refractivity contribution in [1.82, 2.24) is 4.90 Å². The predicted octanol–water partition coefficient (Wildman–Crippen LogP) is 2.92. The van der Waals surface area contributed by atoms with E-state index in [0.29, 0.717) is 18.2 Å². The molecule has 0 heterocycles. The zero-order valence-electron chi connectivity index (χ0n) is 15.3. The number of nitrogens with one attached hydrogen (secondary N) is 1. The van der Waals surface area contributed by atoms with E-state index in [0.717, 1.165) is 25.5 Å². The minimum absolute atomic E-state index is 0.00466. The van der Waals surface area contributed by atoms with E-state index in [9.17, 15) is 18.5 Å². The Morgan fingerprint density at radius 1 is 1.40 bits per heavy atom. The highest BCUT2D eigenvalue weighted by Crippen LogP contribution is 2.36. The van der Waals surface area contributed by atoms with Crippen molar-refractivity contribution >= 4 is 21.2 Å². The first kappa shape index (κ1) is 19.7.